The Morgan fingerprint density at radius 2 is 1.83 bits per heavy atom. The number of fused-ring (bicyclic) bond motifs is 2. The Bertz CT molecular complexity index is 1660. The maximum Gasteiger partial charge on any atom is 0.471 e. The van der Waals surface area contributed by atoms with E-state index in [1.54, 1.807) is 51.9 Å². The molecule has 1 unspecified atom stereocenters. The number of amides is 1. The van der Waals surface area contributed by atoms with Gasteiger partial charge in [0.15, 0.2) is 11.5 Å². The number of benzene rings is 2. The van der Waals surface area contributed by atoms with E-state index < -0.39 is 23.7 Å². The predicted octanol–water partition coefficient (Wildman–Crippen LogP) is 6.40. The molecule has 9 nitrogen and oxygen atoms in total. The van der Waals surface area contributed by atoms with Crippen molar-refractivity contribution in [2.45, 2.75) is 65.4 Å². The van der Waals surface area contributed by atoms with Gasteiger partial charge in [-0.15, -0.1) is 0 Å². The highest BCUT2D eigenvalue weighted by Crippen LogP contribution is 2.42. The van der Waals surface area contributed by atoms with E-state index in [0.29, 0.717) is 41.7 Å². The zero-order valence-electron chi connectivity index (χ0n) is 24.6. The summed E-state index contributed by atoms with van der Waals surface area (Å²) in [6, 6.07) is 8.84. The van der Waals surface area contributed by atoms with Gasteiger partial charge < -0.3 is 20.3 Å². The van der Waals surface area contributed by atoms with E-state index in [4.69, 9.17) is 4.74 Å². The topological polar surface area (TPSA) is 97.2 Å². The van der Waals surface area contributed by atoms with Gasteiger partial charge in [-0.2, -0.15) is 23.3 Å². The van der Waals surface area contributed by atoms with Gasteiger partial charge in [0.05, 0.1) is 18.0 Å². The Morgan fingerprint density at radius 1 is 1.14 bits per heavy atom. The Balaban J connectivity index is 1.42. The van der Waals surface area contributed by atoms with E-state index in [1.165, 1.54) is 0 Å². The normalized spacial score (nSPS) is 16.4. The number of rotatable bonds is 6. The molecule has 0 spiro atoms. The van der Waals surface area contributed by atoms with Crippen molar-refractivity contribution in [1.82, 2.24) is 24.6 Å². The molecule has 1 aliphatic rings. The van der Waals surface area contributed by atoms with Crippen LogP contribution in [0.5, 0.6) is 0 Å². The van der Waals surface area contributed by atoms with Crippen LogP contribution in [-0.4, -0.2) is 49.4 Å². The number of nitrogens with zero attached hydrogens (tertiary/aromatic N) is 5. The van der Waals surface area contributed by atoms with Crippen molar-refractivity contribution in [3.8, 4) is 0 Å². The minimum absolute atomic E-state index is 0.302. The lowest BCUT2D eigenvalue weighted by Gasteiger charge is -2.47. The smallest absolute Gasteiger partial charge is 0.380 e. The van der Waals surface area contributed by atoms with Crippen molar-refractivity contribution < 1.29 is 22.7 Å². The Hall–Kier alpha value is -4.19. The molecule has 2 N–H and O–H groups in total. The summed E-state index contributed by atoms with van der Waals surface area (Å²) in [5, 5.41) is 11.9. The molecule has 2 aromatic carbocycles. The molecule has 0 saturated carbocycles. The van der Waals surface area contributed by atoms with Crippen LogP contribution in [0.25, 0.3) is 11.0 Å². The zero-order chi connectivity index (χ0) is 30.6. The standard InChI is InChI=1S/C30H34F3N7O2/c1-16-10-19(15-42-7)11-17(2)24(16)36-25-23-14-34-28(37-26(23)39(6)38-25)35-21-9-8-20-13-29(4,5)40(18(3)22(20)12-21)27(41)30(31,32)33/h8-12,14,18H,13,15H2,1-7H3,(H,36,38)(H,34,35,37). The molecule has 3 heterocycles. The van der Waals surface area contributed by atoms with Gasteiger partial charge in [0.25, 0.3) is 0 Å². The number of alkyl halides is 3. The number of halogens is 3. The first kappa shape index (κ1) is 29.3. The molecule has 1 aliphatic heterocycles. The molecule has 0 fully saturated rings. The van der Waals surface area contributed by atoms with Crippen LogP contribution in [0.15, 0.2) is 36.5 Å². The maximum absolute atomic E-state index is 13.4. The molecule has 4 aromatic rings. The van der Waals surface area contributed by atoms with Gasteiger partial charge in [-0.25, -0.2) is 9.67 Å². The summed E-state index contributed by atoms with van der Waals surface area (Å²) in [5.74, 6) is -0.917. The summed E-state index contributed by atoms with van der Waals surface area (Å²) in [7, 11) is 3.46. The second-order valence-corrected chi connectivity index (χ2v) is 11.4. The minimum Gasteiger partial charge on any atom is -0.380 e. The third-order valence-corrected chi connectivity index (χ3v) is 7.70. The van der Waals surface area contributed by atoms with Crippen LogP contribution in [0.2, 0.25) is 0 Å². The number of hydrogen-bond acceptors (Lipinski definition) is 7. The highest BCUT2D eigenvalue weighted by atomic mass is 19.4. The summed E-state index contributed by atoms with van der Waals surface area (Å²) in [5.41, 5.74) is 5.89. The first-order valence-corrected chi connectivity index (χ1v) is 13.6. The van der Waals surface area contributed by atoms with Gasteiger partial charge in [0.2, 0.25) is 5.95 Å². The molecule has 5 rings (SSSR count). The molecule has 222 valence electrons. The van der Waals surface area contributed by atoms with Crippen LogP contribution in [-0.2, 0) is 29.6 Å². The predicted molar refractivity (Wildman–Crippen MR) is 155 cm³/mol. The van der Waals surface area contributed by atoms with Crippen LogP contribution in [0, 0.1) is 13.8 Å². The van der Waals surface area contributed by atoms with Gasteiger partial charge in [-0.3, -0.25) is 4.79 Å². The maximum atomic E-state index is 13.4. The van der Waals surface area contributed by atoms with Crippen molar-refractivity contribution in [2.24, 2.45) is 7.05 Å². The fourth-order valence-electron chi connectivity index (χ4n) is 5.96. The Morgan fingerprint density at radius 3 is 2.48 bits per heavy atom. The highest BCUT2D eigenvalue weighted by Gasteiger charge is 2.50. The monoisotopic (exact) mass is 581 g/mol. The molecule has 0 bridgehead atoms. The van der Waals surface area contributed by atoms with Crippen molar-refractivity contribution in [2.75, 3.05) is 17.7 Å². The van der Waals surface area contributed by atoms with Crippen LogP contribution in [0.1, 0.15) is 54.6 Å². The summed E-state index contributed by atoms with van der Waals surface area (Å²) >= 11 is 0. The van der Waals surface area contributed by atoms with Gasteiger partial charge >= 0.3 is 12.1 Å². The lowest BCUT2D eigenvalue weighted by molar-refractivity contribution is -0.194. The number of methoxy groups -OCH3 is 1. The number of carbonyl (C=O) groups is 1. The van der Waals surface area contributed by atoms with Crippen LogP contribution < -0.4 is 10.6 Å². The van der Waals surface area contributed by atoms with E-state index >= 15 is 0 Å². The van der Waals surface area contributed by atoms with Crippen LogP contribution in [0.3, 0.4) is 0 Å². The summed E-state index contributed by atoms with van der Waals surface area (Å²) in [4.78, 5) is 22.4. The average molecular weight is 582 g/mol. The van der Waals surface area contributed by atoms with E-state index in [-0.39, 0.29) is 0 Å². The molecule has 12 heteroatoms. The molecular weight excluding hydrogens is 547 g/mol. The molecule has 42 heavy (non-hydrogen) atoms. The van der Waals surface area contributed by atoms with E-state index in [0.717, 1.165) is 38.2 Å². The number of nitrogens with one attached hydrogen (secondary N) is 2. The zero-order valence-corrected chi connectivity index (χ0v) is 24.6. The summed E-state index contributed by atoms with van der Waals surface area (Å²) < 4.78 is 47.2. The molecule has 1 atom stereocenters. The first-order chi connectivity index (χ1) is 19.7. The number of ether oxygens (including phenoxy) is 1. The lowest BCUT2D eigenvalue weighted by Crippen LogP contribution is -2.56. The molecule has 0 saturated heterocycles. The Kier molecular flexibility index (Phi) is 7.38. The fourth-order valence-corrected chi connectivity index (χ4v) is 5.96. The quantitative estimate of drug-likeness (QED) is 0.272. The average Bonchev–Trinajstić information content (AvgIpc) is 3.20. The van der Waals surface area contributed by atoms with Crippen molar-refractivity contribution in [3.05, 3.63) is 64.3 Å². The van der Waals surface area contributed by atoms with E-state index in [9.17, 15) is 18.0 Å². The largest absolute Gasteiger partial charge is 0.471 e. The van der Waals surface area contributed by atoms with Crippen molar-refractivity contribution in [1.29, 1.82) is 0 Å². The number of aromatic nitrogens is 4. The van der Waals surface area contributed by atoms with Gasteiger partial charge in [0.1, 0.15) is 0 Å². The van der Waals surface area contributed by atoms with Crippen LogP contribution >= 0.6 is 0 Å². The summed E-state index contributed by atoms with van der Waals surface area (Å²) in [6.07, 6.45) is -2.98. The first-order valence-electron chi connectivity index (χ1n) is 13.6. The molecule has 2 aromatic heterocycles. The summed E-state index contributed by atoms with van der Waals surface area (Å²) in [6.45, 7) is 9.51. The number of anilines is 4. The lowest BCUT2D eigenvalue weighted by atomic mass is 9.81. The van der Waals surface area contributed by atoms with E-state index in [1.807, 2.05) is 26.0 Å². The third kappa shape index (κ3) is 5.38. The Labute approximate surface area is 242 Å². The van der Waals surface area contributed by atoms with Gasteiger partial charge in [-0.1, -0.05) is 18.2 Å². The molecule has 0 aliphatic carbocycles. The fraction of sp³-hybridized carbons (Fsp3) is 0.400. The second kappa shape index (κ2) is 10.6. The third-order valence-electron chi connectivity index (χ3n) is 7.70. The number of carbonyl (C=O) groups excluding carboxylic acids is 1. The van der Waals surface area contributed by atoms with Crippen molar-refractivity contribution in [3.63, 3.8) is 0 Å². The second-order valence-electron chi connectivity index (χ2n) is 11.4. The number of hydrogen-bond donors (Lipinski definition) is 2. The highest BCUT2D eigenvalue weighted by molar-refractivity contribution is 5.90. The van der Waals surface area contributed by atoms with Crippen LogP contribution in [0.4, 0.5) is 36.3 Å². The number of aryl methyl sites for hydroxylation is 3. The van der Waals surface area contributed by atoms with Gasteiger partial charge in [0, 0.05) is 37.3 Å². The molecule has 0 radical (unpaired) electrons. The minimum atomic E-state index is -4.95. The molecular formula is C30H34F3N7O2. The SMILES string of the molecule is COCc1cc(C)c(Nc2nn(C)c3nc(Nc4ccc5c(c4)C(C)N(C(=O)C(F)(F)F)C(C)(C)C5)ncc23)c(C)c1. The van der Waals surface area contributed by atoms with Crippen molar-refractivity contribution >= 4 is 40.1 Å². The van der Waals surface area contributed by atoms with E-state index in [2.05, 4.69) is 37.8 Å². The van der Waals surface area contributed by atoms with Gasteiger partial charge in [-0.05, 0) is 81.0 Å². The molecule has 1 amide bonds.